The van der Waals surface area contributed by atoms with Gasteiger partial charge in [0, 0.05) is 25.8 Å². The van der Waals surface area contributed by atoms with Crippen LogP contribution in [-0.2, 0) is 4.74 Å². The number of methoxy groups -OCH3 is 1. The van der Waals surface area contributed by atoms with Gasteiger partial charge >= 0.3 is 0 Å². The third kappa shape index (κ3) is 4.16. The number of aromatic hydroxyl groups is 1. The second kappa shape index (κ2) is 7.58. The summed E-state index contributed by atoms with van der Waals surface area (Å²) in [4.78, 5) is 24.5. The Balaban J connectivity index is 3.18. The summed E-state index contributed by atoms with van der Waals surface area (Å²) in [6, 6.07) is 3.36. The van der Waals surface area contributed by atoms with Crippen LogP contribution in [0.25, 0.3) is 0 Å². The molecule has 0 aromatic heterocycles. The molecule has 0 bridgehead atoms. The Labute approximate surface area is 123 Å². The lowest BCUT2D eigenvalue weighted by Crippen LogP contribution is -2.40. The van der Waals surface area contributed by atoms with Gasteiger partial charge in [-0.3, -0.25) is 14.9 Å². The molecule has 116 valence electrons. The van der Waals surface area contributed by atoms with Gasteiger partial charge in [0.15, 0.2) is 0 Å². The molecule has 7 nitrogen and oxygen atoms in total. The standard InChI is InChI=1S/C14H20N2O5/c1-4-10(2)15(7-8-21-3)14(18)12-9-11(17)5-6-13(12)16(19)20/h5-6,9-10,17H,4,7-8H2,1-3H3. The molecular weight excluding hydrogens is 276 g/mol. The minimum atomic E-state index is -0.627. The number of carbonyl (C=O) groups excluding carboxylic acids is 1. The molecule has 0 saturated heterocycles. The monoisotopic (exact) mass is 296 g/mol. The van der Waals surface area contributed by atoms with E-state index in [1.807, 2.05) is 13.8 Å². The molecule has 0 radical (unpaired) electrons. The molecule has 0 aliphatic rings. The van der Waals surface area contributed by atoms with E-state index >= 15 is 0 Å². The summed E-state index contributed by atoms with van der Waals surface area (Å²) in [5.41, 5.74) is -0.431. The van der Waals surface area contributed by atoms with Crippen LogP contribution in [-0.4, -0.2) is 47.1 Å². The lowest BCUT2D eigenvalue weighted by atomic mass is 10.1. The van der Waals surface area contributed by atoms with Gasteiger partial charge in [-0.25, -0.2) is 0 Å². The summed E-state index contributed by atoms with van der Waals surface area (Å²) in [6.07, 6.45) is 0.710. The van der Waals surface area contributed by atoms with Crippen LogP contribution in [0.15, 0.2) is 18.2 Å². The van der Waals surface area contributed by atoms with Gasteiger partial charge in [-0.15, -0.1) is 0 Å². The highest BCUT2D eigenvalue weighted by atomic mass is 16.6. The Hall–Kier alpha value is -2.15. The Morgan fingerprint density at radius 2 is 2.19 bits per heavy atom. The molecule has 0 fully saturated rings. The number of rotatable bonds is 7. The van der Waals surface area contributed by atoms with E-state index in [4.69, 9.17) is 4.74 Å². The quantitative estimate of drug-likeness (QED) is 0.615. The maximum atomic E-state index is 12.6. The van der Waals surface area contributed by atoms with E-state index in [1.165, 1.54) is 18.1 Å². The van der Waals surface area contributed by atoms with Crippen molar-refractivity contribution in [3.8, 4) is 5.75 Å². The van der Waals surface area contributed by atoms with Crippen LogP contribution in [0.1, 0.15) is 30.6 Å². The number of nitro benzene ring substituents is 1. The fourth-order valence-electron chi connectivity index (χ4n) is 1.94. The Bertz CT molecular complexity index is 518. The minimum Gasteiger partial charge on any atom is -0.508 e. The molecule has 0 aliphatic heterocycles. The lowest BCUT2D eigenvalue weighted by Gasteiger charge is -2.28. The highest BCUT2D eigenvalue weighted by Crippen LogP contribution is 2.25. The molecular formula is C14H20N2O5. The Morgan fingerprint density at radius 1 is 1.52 bits per heavy atom. The summed E-state index contributed by atoms with van der Waals surface area (Å²) in [6.45, 7) is 4.46. The average Bonchev–Trinajstić information content (AvgIpc) is 2.46. The van der Waals surface area contributed by atoms with Crippen molar-refractivity contribution < 1.29 is 19.6 Å². The Morgan fingerprint density at radius 3 is 2.71 bits per heavy atom. The van der Waals surface area contributed by atoms with E-state index in [0.29, 0.717) is 19.6 Å². The zero-order chi connectivity index (χ0) is 16.0. The zero-order valence-electron chi connectivity index (χ0n) is 12.4. The second-order valence-corrected chi connectivity index (χ2v) is 4.71. The van der Waals surface area contributed by atoms with E-state index in [-0.39, 0.29) is 23.0 Å². The first-order chi connectivity index (χ1) is 9.92. The molecule has 0 heterocycles. The van der Waals surface area contributed by atoms with Crippen molar-refractivity contribution in [3.05, 3.63) is 33.9 Å². The van der Waals surface area contributed by atoms with Crippen molar-refractivity contribution in [1.82, 2.24) is 4.90 Å². The average molecular weight is 296 g/mol. The van der Waals surface area contributed by atoms with Gasteiger partial charge in [-0.05, 0) is 25.5 Å². The molecule has 1 amide bonds. The fourth-order valence-corrected chi connectivity index (χ4v) is 1.94. The maximum absolute atomic E-state index is 12.6. The summed E-state index contributed by atoms with van der Waals surface area (Å²) in [5, 5.41) is 20.5. The molecule has 0 spiro atoms. The molecule has 0 saturated carbocycles. The molecule has 1 unspecified atom stereocenters. The number of nitrogens with zero attached hydrogens (tertiary/aromatic N) is 2. The van der Waals surface area contributed by atoms with Crippen LogP contribution in [0.5, 0.6) is 5.75 Å². The van der Waals surface area contributed by atoms with Crippen molar-refractivity contribution in [3.63, 3.8) is 0 Å². The van der Waals surface area contributed by atoms with Crippen LogP contribution >= 0.6 is 0 Å². The molecule has 21 heavy (non-hydrogen) atoms. The van der Waals surface area contributed by atoms with Crippen molar-refractivity contribution in [2.45, 2.75) is 26.3 Å². The number of carbonyl (C=O) groups is 1. The van der Waals surface area contributed by atoms with Crippen LogP contribution in [0.3, 0.4) is 0 Å². The molecule has 1 rings (SSSR count). The summed E-state index contributed by atoms with van der Waals surface area (Å²) < 4.78 is 4.98. The third-order valence-electron chi connectivity index (χ3n) is 3.33. The van der Waals surface area contributed by atoms with Crippen molar-refractivity contribution in [1.29, 1.82) is 0 Å². The molecule has 1 aromatic carbocycles. The molecule has 1 atom stereocenters. The van der Waals surface area contributed by atoms with Crippen molar-refractivity contribution in [2.24, 2.45) is 0 Å². The Kier molecular flexibility index (Phi) is 6.10. The third-order valence-corrected chi connectivity index (χ3v) is 3.33. The number of phenols is 1. The largest absolute Gasteiger partial charge is 0.508 e. The van der Waals surface area contributed by atoms with E-state index in [2.05, 4.69) is 0 Å². The maximum Gasteiger partial charge on any atom is 0.282 e. The predicted molar refractivity (Wildman–Crippen MR) is 77.4 cm³/mol. The van der Waals surface area contributed by atoms with Gasteiger partial charge < -0.3 is 14.7 Å². The SMILES string of the molecule is CCC(C)N(CCOC)C(=O)c1cc(O)ccc1[N+](=O)[O-]. The van der Waals surface area contributed by atoms with Crippen molar-refractivity contribution >= 4 is 11.6 Å². The number of phenolic OH excluding ortho intramolecular Hbond substituents is 1. The number of ether oxygens (including phenoxy) is 1. The topological polar surface area (TPSA) is 92.9 Å². The lowest BCUT2D eigenvalue weighted by molar-refractivity contribution is -0.385. The van der Waals surface area contributed by atoms with Crippen LogP contribution < -0.4 is 0 Å². The van der Waals surface area contributed by atoms with E-state index in [9.17, 15) is 20.0 Å². The zero-order valence-corrected chi connectivity index (χ0v) is 12.4. The first kappa shape index (κ1) is 16.9. The first-order valence-corrected chi connectivity index (χ1v) is 6.69. The van der Waals surface area contributed by atoms with E-state index in [1.54, 1.807) is 0 Å². The molecule has 1 aromatic rings. The van der Waals surface area contributed by atoms with Gasteiger partial charge in [-0.2, -0.15) is 0 Å². The number of hydrogen-bond donors (Lipinski definition) is 1. The first-order valence-electron chi connectivity index (χ1n) is 6.69. The fraction of sp³-hybridized carbons (Fsp3) is 0.500. The van der Waals surface area contributed by atoms with Crippen LogP contribution in [0, 0.1) is 10.1 Å². The van der Waals surface area contributed by atoms with Gasteiger partial charge in [0.05, 0.1) is 11.5 Å². The number of benzene rings is 1. The highest BCUT2D eigenvalue weighted by molar-refractivity contribution is 5.98. The van der Waals surface area contributed by atoms with Gasteiger partial charge in [0.2, 0.25) is 0 Å². The highest BCUT2D eigenvalue weighted by Gasteiger charge is 2.27. The van der Waals surface area contributed by atoms with Gasteiger partial charge in [-0.1, -0.05) is 6.92 Å². The molecule has 0 aliphatic carbocycles. The smallest absolute Gasteiger partial charge is 0.282 e. The van der Waals surface area contributed by atoms with E-state index in [0.717, 1.165) is 12.1 Å². The van der Waals surface area contributed by atoms with Crippen molar-refractivity contribution in [2.75, 3.05) is 20.3 Å². The van der Waals surface area contributed by atoms with Crippen LogP contribution in [0.4, 0.5) is 5.69 Å². The summed E-state index contributed by atoms with van der Waals surface area (Å²) in [5.74, 6) is -0.663. The number of nitro groups is 1. The summed E-state index contributed by atoms with van der Waals surface area (Å²) in [7, 11) is 1.52. The second-order valence-electron chi connectivity index (χ2n) is 4.71. The number of amides is 1. The van der Waals surface area contributed by atoms with Gasteiger partial charge in [0.1, 0.15) is 11.3 Å². The predicted octanol–water partition coefficient (Wildman–Crippen LogP) is 2.19. The van der Waals surface area contributed by atoms with Gasteiger partial charge in [0.25, 0.3) is 11.6 Å². The minimum absolute atomic E-state index is 0.0883. The van der Waals surface area contributed by atoms with Crippen LogP contribution in [0.2, 0.25) is 0 Å². The number of hydrogen-bond acceptors (Lipinski definition) is 5. The van der Waals surface area contributed by atoms with E-state index < -0.39 is 10.8 Å². The molecule has 7 heteroatoms. The normalized spacial score (nSPS) is 12.0. The molecule has 1 N–H and O–H groups in total. The summed E-state index contributed by atoms with van der Waals surface area (Å²) >= 11 is 0.